The average Bonchev–Trinajstić information content (AvgIpc) is 2.99. The number of halogens is 2. The molecular formula is C16H20Cl2N4S. The molecule has 1 aliphatic rings. The van der Waals surface area contributed by atoms with Crippen LogP contribution in [0.4, 0.5) is 11.4 Å². The number of benzene rings is 1. The quantitative estimate of drug-likeness (QED) is 0.854. The zero-order chi connectivity index (χ0) is 16.2. The van der Waals surface area contributed by atoms with Crippen LogP contribution >= 0.6 is 34.5 Å². The molecule has 3 rings (SSSR count). The summed E-state index contributed by atoms with van der Waals surface area (Å²) in [5, 5.41) is 4.16. The number of aromatic nitrogens is 1. The summed E-state index contributed by atoms with van der Waals surface area (Å²) in [7, 11) is 0. The van der Waals surface area contributed by atoms with Crippen LogP contribution in [0, 0.1) is 0 Å². The lowest BCUT2D eigenvalue weighted by Gasteiger charge is -2.36. The van der Waals surface area contributed by atoms with Crippen molar-refractivity contribution in [3.8, 4) is 0 Å². The Balaban J connectivity index is 1.61. The van der Waals surface area contributed by atoms with Gasteiger partial charge in [0, 0.05) is 42.9 Å². The van der Waals surface area contributed by atoms with Crippen LogP contribution in [0.25, 0.3) is 0 Å². The van der Waals surface area contributed by atoms with Crippen molar-refractivity contribution in [3.63, 3.8) is 0 Å². The predicted molar refractivity (Wildman–Crippen MR) is 100 cm³/mol. The van der Waals surface area contributed by atoms with Crippen LogP contribution in [0.15, 0.2) is 24.4 Å². The van der Waals surface area contributed by atoms with E-state index in [1.807, 2.05) is 6.07 Å². The van der Waals surface area contributed by atoms with Gasteiger partial charge < -0.3 is 15.1 Å². The number of rotatable bonds is 5. The van der Waals surface area contributed by atoms with Crippen LogP contribution in [0.1, 0.15) is 11.8 Å². The molecule has 1 N–H and O–H groups in total. The van der Waals surface area contributed by atoms with E-state index in [1.54, 1.807) is 6.20 Å². The molecule has 2 aromatic rings. The number of anilines is 2. The Bertz CT molecular complexity index is 653. The second kappa shape index (κ2) is 7.71. The Morgan fingerprint density at radius 2 is 2.00 bits per heavy atom. The van der Waals surface area contributed by atoms with Gasteiger partial charge in [0.25, 0.3) is 0 Å². The highest BCUT2D eigenvalue weighted by Crippen LogP contribution is 2.30. The third-order valence-corrected chi connectivity index (χ3v) is 5.52. The van der Waals surface area contributed by atoms with Crippen LogP contribution in [-0.2, 0) is 6.54 Å². The number of nitrogens with one attached hydrogen (secondary N) is 1. The summed E-state index contributed by atoms with van der Waals surface area (Å²) in [6, 6.07) is 6.17. The van der Waals surface area contributed by atoms with Gasteiger partial charge in [-0.25, -0.2) is 4.98 Å². The number of nitrogens with zero attached hydrogens (tertiary/aromatic N) is 3. The van der Waals surface area contributed by atoms with Crippen molar-refractivity contribution in [2.24, 2.45) is 0 Å². The minimum atomic E-state index is 0.571. The van der Waals surface area contributed by atoms with Gasteiger partial charge in [0.15, 0.2) is 4.47 Å². The molecule has 23 heavy (non-hydrogen) atoms. The summed E-state index contributed by atoms with van der Waals surface area (Å²) < 4.78 is 0.571. The minimum absolute atomic E-state index is 0.571. The third kappa shape index (κ3) is 4.29. The highest BCUT2D eigenvalue weighted by atomic mass is 35.5. The average molecular weight is 371 g/mol. The minimum Gasteiger partial charge on any atom is -0.380 e. The molecule has 0 aliphatic carbocycles. The van der Waals surface area contributed by atoms with Gasteiger partial charge in [-0.15, -0.1) is 11.3 Å². The number of likely N-dealkylation sites (N-methyl/N-ethyl adjacent to an activating group) is 1. The second-order valence-electron chi connectivity index (χ2n) is 5.52. The summed E-state index contributed by atoms with van der Waals surface area (Å²) >= 11 is 13.8. The van der Waals surface area contributed by atoms with E-state index in [0.29, 0.717) is 11.0 Å². The van der Waals surface area contributed by atoms with E-state index in [4.69, 9.17) is 23.2 Å². The van der Waals surface area contributed by atoms with Crippen LogP contribution in [0.5, 0.6) is 0 Å². The zero-order valence-corrected chi connectivity index (χ0v) is 15.4. The zero-order valence-electron chi connectivity index (χ0n) is 13.1. The maximum atomic E-state index is 6.49. The summed E-state index contributed by atoms with van der Waals surface area (Å²) in [6.07, 6.45) is 1.79. The second-order valence-corrected chi connectivity index (χ2v) is 7.63. The molecule has 4 nitrogen and oxygen atoms in total. The molecule has 1 aromatic carbocycles. The van der Waals surface area contributed by atoms with Crippen LogP contribution < -0.4 is 10.2 Å². The number of piperazine rings is 1. The third-order valence-electron chi connectivity index (χ3n) is 4.10. The van der Waals surface area contributed by atoms with Crippen molar-refractivity contribution < 1.29 is 0 Å². The van der Waals surface area contributed by atoms with E-state index >= 15 is 0 Å². The van der Waals surface area contributed by atoms with E-state index in [1.165, 1.54) is 11.3 Å². The molecule has 0 saturated carbocycles. The normalized spacial score (nSPS) is 15.9. The summed E-state index contributed by atoms with van der Waals surface area (Å²) in [5.74, 6) is 0. The standard InChI is InChI=1S/C16H20Cl2N4S/c1-2-21-5-7-22(8-6-21)15-4-3-12(9-14(15)17)19-10-13-11-20-16(18)23-13/h3-4,9,11,19H,2,5-8,10H2,1H3. The van der Waals surface area contributed by atoms with E-state index in [2.05, 4.69) is 39.2 Å². The van der Waals surface area contributed by atoms with Crippen LogP contribution in [0.2, 0.25) is 9.49 Å². The first kappa shape index (κ1) is 16.8. The molecule has 0 spiro atoms. The number of hydrogen-bond donors (Lipinski definition) is 1. The summed E-state index contributed by atoms with van der Waals surface area (Å²) in [4.78, 5) is 9.97. The van der Waals surface area contributed by atoms with Crippen LogP contribution in [-0.4, -0.2) is 42.6 Å². The Kier molecular flexibility index (Phi) is 5.64. The van der Waals surface area contributed by atoms with Gasteiger partial charge in [0.05, 0.1) is 17.3 Å². The highest BCUT2D eigenvalue weighted by molar-refractivity contribution is 7.15. The summed E-state index contributed by atoms with van der Waals surface area (Å²) in [6.45, 7) is 8.28. The molecule has 0 bridgehead atoms. The van der Waals surface area contributed by atoms with Crippen molar-refractivity contribution in [1.82, 2.24) is 9.88 Å². The van der Waals surface area contributed by atoms with E-state index in [0.717, 1.165) is 54.0 Å². The largest absolute Gasteiger partial charge is 0.380 e. The first-order chi connectivity index (χ1) is 11.2. The molecule has 7 heteroatoms. The smallest absolute Gasteiger partial charge is 0.183 e. The molecule has 0 radical (unpaired) electrons. The van der Waals surface area contributed by atoms with Crippen molar-refractivity contribution in [3.05, 3.63) is 38.8 Å². The maximum Gasteiger partial charge on any atom is 0.183 e. The Morgan fingerprint density at radius 3 is 2.61 bits per heavy atom. The molecule has 0 atom stereocenters. The van der Waals surface area contributed by atoms with Crippen molar-refractivity contribution in [2.75, 3.05) is 42.9 Å². The fraction of sp³-hybridized carbons (Fsp3) is 0.438. The number of hydrogen-bond acceptors (Lipinski definition) is 5. The molecule has 2 heterocycles. The van der Waals surface area contributed by atoms with Gasteiger partial charge in [0.2, 0.25) is 0 Å². The maximum absolute atomic E-state index is 6.49. The molecule has 1 aromatic heterocycles. The predicted octanol–water partition coefficient (Wildman–Crippen LogP) is 4.20. The molecule has 124 valence electrons. The van der Waals surface area contributed by atoms with Gasteiger partial charge in [0.1, 0.15) is 0 Å². The van der Waals surface area contributed by atoms with Gasteiger partial charge in [-0.05, 0) is 24.7 Å². The SMILES string of the molecule is CCN1CCN(c2ccc(NCc3cnc(Cl)s3)cc2Cl)CC1. The van der Waals surface area contributed by atoms with Gasteiger partial charge in [-0.3, -0.25) is 0 Å². The van der Waals surface area contributed by atoms with Crippen LogP contribution in [0.3, 0.4) is 0 Å². The van der Waals surface area contributed by atoms with E-state index in [9.17, 15) is 0 Å². The van der Waals surface area contributed by atoms with Crippen molar-refractivity contribution in [1.29, 1.82) is 0 Å². The fourth-order valence-electron chi connectivity index (χ4n) is 2.73. The van der Waals surface area contributed by atoms with Crippen molar-refractivity contribution in [2.45, 2.75) is 13.5 Å². The van der Waals surface area contributed by atoms with E-state index < -0.39 is 0 Å². The van der Waals surface area contributed by atoms with E-state index in [-0.39, 0.29) is 0 Å². The molecule has 1 fully saturated rings. The molecular weight excluding hydrogens is 351 g/mol. The van der Waals surface area contributed by atoms with Gasteiger partial charge in [-0.1, -0.05) is 30.1 Å². The Labute approximate surface area is 151 Å². The molecule has 1 aliphatic heterocycles. The lowest BCUT2D eigenvalue weighted by Crippen LogP contribution is -2.46. The lowest BCUT2D eigenvalue weighted by atomic mass is 10.2. The Hall–Kier alpha value is -1.01. The molecule has 1 saturated heterocycles. The fourth-order valence-corrected chi connectivity index (χ4v) is 3.95. The lowest BCUT2D eigenvalue weighted by molar-refractivity contribution is 0.271. The summed E-state index contributed by atoms with van der Waals surface area (Å²) in [5.41, 5.74) is 2.13. The topological polar surface area (TPSA) is 31.4 Å². The van der Waals surface area contributed by atoms with Gasteiger partial charge in [-0.2, -0.15) is 0 Å². The van der Waals surface area contributed by atoms with Gasteiger partial charge >= 0.3 is 0 Å². The Morgan fingerprint density at radius 1 is 1.22 bits per heavy atom. The molecule has 0 amide bonds. The molecule has 0 unspecified atom stereocenters. The monoisotopic (exact) mass is 370 g/mol. The van der Waals surface area contributed by atoms with Crippen molar-refractivity contribution >= 4 is 45.9 Å². The first-order valence-electron chi connectivity index (χ1n) is 7.76. The number of thiazole rings is 1. The first-order valence-corrected chi connectivity index (χ1v) is 9.34. The highest BCUT2D eigenvalue weighted by Gasteiger charge is 2.17.